The van der Waals surface area contributed by atoms with Crippen LogP contribution >= 0.6 is 15.9 Å². The molecule has 1 saturated heterocycles. The van der Waals surface area contributed by atoms with Gasteiger partial charge in [-0.25, -0.2) is 13.6 Å². The van der Waals surface area contributed by atoms with Gasteiger partial charge in [0.1, 0.15) is 0 Å². The van der Waals surface area contributed by atoms with Crippen molar-refractivity contribution in [2.24, 2.45) is 11.1 Å². The van der Waals surface area contributed by atoms with Crippen LogP contribution in [-0.2, 0) is 10.0 Å². The number of primary sulfonamides is 1. The van der Waals surface area contributed by atoms with Crippen LogP contribution < -0.4 is 15.8 Å². The molecule has 1 heterocycles. The Morgan fingerprint density at radius 1 is 1.45 bits per heavy atom. The summed E-state index contributed by atoms with van der Waals surface area (Å²) in [6.07, 6.45) is 0.991. The second kappa shape index (κ2) is 6.66. The largest absolute Gasteiger partial charge is 0.348 e. The van der Waals surface area contributed by atoms with Crippen molar-refractivity contribution in [1.29, 1.82) is 0 Å². The molecule has 0 bridgehead atoms. The minimum Gasteiger partial charge on any atom is -0.348 e. The number of nitrogens with two attached hydrogens (primary N) is 1. The number of carbonyl (C=O) groups excluding carboxylic acids is 1. The standard InChI is InChI=1S/C14H20BrN3O3S/c1-8-3-4-17-7-12(8)18-14(19)11-5-10(15)6-13(9(11)2)22(16,20)21/h5-6,8,12,17H,3-4,7H2,1-2H3,(H,18,19)(H2,16,20,21). The van der Waals surface area contributed by atoms with Gasteiger partial charge in [-0.15, -0.1) is 0 Å². The molecular formula is C14H20BrN3O3S. The molecule has 0 saturated carbocycles. The van der Waals surface area contributed by atoms with E-state index >= 15 is 0 Å². The van der Waals surface area contributed by atoms with Crippen molar-refractivity contribution in [2.75, 3.05) is 13.1 Å². The van der Waals surface area contributed by atoms with Crippen molar-refractivity contribution in [3.05, 3.63) is 27.7 Å². The SMILES string of the molecule is Cc1c(C(=O)NC2CNCCC2C)cc(Br)cc1S(N)(=O)=O. The maximum Gasteiger partial charge on any atom is 0.251 e. The van der Waals surface area contributed by atoms with Gasteiger partial charge < -0.3 is 10.6 Å². The molecule has 2 atom stereocenters. The Balaban J connectivity index is 2.32. The summed E-state index contributed by atoms with van der Waals surface area (Å²) in [4.78, 5) is 12.5. The van der Waals surface area contributed by atoms with E-state index in [9.17, 15) is 13.2 Å². The van der Waals surface area contributed by atoms with Gasteiger partial charge >= 0.3 is 0 Å². The van der Waals surface area contributed by atoms with Crippen LogP contribution in [-0.4, -0.2) is 33.5 Å². The highest BCUT2D eigenvalue weighted by Gasteiger charge is 2.25. The van der Waals surface area contributed by atoms with E-state index in [1.165, 1.54) is 6.07 Å². The predicted octanol–water partition coefficient (Wildman–Crippen LogP) is 1.13. The molecule has 0 radical (unpaired) electrons. The molecule has 6 nitrogen and oxygen atoms in total. The minimum atomic E-state index is -3.88. The third kappa shape index (κ3) is 3.87. The molecule has 0 aliphatic carbocycles. The van der Waals surface area contributed by atoms with Gasteiger partial charge in [-0.3, -0.25) is 4.79 Å². The Kier molecular flexibility index (Phi) is 5.26. The summed E-state index contributed by atoms with van der Waals surface area (Å²) in [7, 11) is -3.88. The van der Waals surface area contributed by atoms with Crippen LogP contribution in [0.5, 0.6) is 0 Å². The number of nitrogens with one attached hydrogen (secondary N) is 2. The zero-order chi connectivity index (χ0) is 16.5. The van der Waals surface area contributed by atoms with Crippen molar-refractivity contribution in [2.45, 2.75) is 31.2 Å². The highest BCUT2D eigenvalue weighted by molar-refractivity contribution is 9.10. The normalized spacial score (nSPS) is 22.4. The summed E-state index contributed by atoms with van der Waals surface area (Å²) in [5.41, 5.74) is 0.677. The average molecular weight is 390 g/mol. The summed E-state index contributed by atoms with van der Waals surface area (Å²) in [5, 5.41) is 11.4. The molecule has 1 aliphatic heterocycles. The number of benzene rings is 1. The number of carbonyl (C=O) groups is 1. The van der Waals surface area contributed by atoms with Crippen LogP contribution in [0.2, 0.25) is 0 Å². The van der Waals surface area contributed by atoms with Crippen LogP contribution in [0.1, 0.15) is 29.3 Å². The molecule has 1 fully saturated rings. The first-order valence-electron chi connectivity index (χ1n) is 7.04. The van der Waals surface area contributed by atoms with Gasteiger partial charge in [-0.05, 0) is 43.5 Å². The Labute approximate surface area is 139 Å². The lowest BCUT2D eigenvalue weighted by Crippen LogP contribution is -2.50. The Morgan fingerprint density at radius 2 is 2.14 bits per heavy atom. The summed E-state index contributed by atoms with van der Waals surface area (Å²) in [6, 6.07) is 3.05. The first-order valence-corrected chi connectivity index (χ1v) is 9.38. The van der Waals surface area contributed by atoms with E-state index in [4.69, 9.17) is 5.14 Å². The van der Waals surface area contributed by atoms with Crippen molar-refractivity contribution in [3.8, 4) is 0 Å². The summed E-state index contributed by atoms with van der Waals surface area (Å²) < 4.78 is 23.8. The first-order chi connectivity index (χ1) is 10.2. The Bertz CT molecular complexity index is 691. The van der Waals surface area contributed by atoms with E-state index in [0.29, 0.717) is 28.1 Å². The van der Waals surface area contributed by atoms with Crippen molar-refractivity contribution < 1.29 is 13.2 Å². The number of halogens is 1. The summed E-state index contributed by atoms with van der Waals surface area (Å²) in [5.74, 6) is 0.0830. The van der Waals surface area contributed by atoms with Gasteiger partial charge in [0, 0.05) is 22.6 Å². The van der Waals surface area contributed by atoms with Gasteiger partial charge in [-0.2, -0.15) is 0 Å². The van der Waals surface area contributed by atoms with Crippen molar-refractivity contribution >= 4 is 31.9 Å². The highest BCUT2D eigenvalue weighted by atomic mass is 79.9. The number of amides is 1. The van der Waals surface area contributed by atoms with E-state index in [0.717, 1.165) is 13.0 Å². The van der Waals surface area contributed by atoms with Crippen LogP contribution in [0.25, 0.3) is 0 Å². The second-order valence-corrected chi connectivity index (χ2v) is 8.12. The minimum absolute atomic E-state index is 0.0255. The van der Waals surface area contributed by atoms with Gasteiger partial charge in [0.05, 0.1) is 4.90 Å². The molecule has 22 heavy (non-hydrogen) atoms. The molecular weight excluding hydrogens is 370 g/mol. The molecule has 1 aliphatic rings. The Hall–Kier alpha value is -0.960. The molecule has 1 aromatic carbocycles. The van der Waals surface area contributed by atoms with Gasteiger partial charge in [-0.1, -0.05) is 22.9 Å². The van der Waals surface area contributed by atoms with Gasteiger partial charge in [0.2, 0.25) is 10.0 Å². The molecule has 4 N–H and O–H groups in total. The third-order valence-corrected chi connectivity index (χ3v) is 5.51. The number of hydrogen-bond donors (Lipinski definition) is 3. The second-order valence-electron chi connectivity index (χ2n) is 5.67. The van der Waals surface area contributed by atoms with E-state index in [2.05, 4.69) is 33.5 Å². The van der Waals surface area contributed by atoms with Crippen LogP contribution in [0.3, 0.4) is 0 Å². The smallest absolute Gasteiger partial charge is 0.251 e. The van der Waals surface area contributed by atoms with Crippen LogP contribution in [0.4, 0.5) is 0 Å². The highest BCUT2D eigenvalue weighted by Crippen LogP contribution is 2.24. The fourth-order valence-corrected chi connectivity index (χ4v) is 4.05. The number of rotatable bonds is 3. The van der Waals surface area contributed by atoms with Gasteiger partial charge in [0.25, 0.3) is 5.91 Å². The molecule has 0 spiro atoms. The summed E-state index contributed by atoms with van der Waals surface area (Å²) >= 11 is 3.23. The molecule has 1 amide bonds. The Morgan fingerprint density at radius 3 is 2.73 bits per heavy atom. The van der Waals surface area contributed by atoms with Crippen LogP contribution in [0.15, 0.2) is 21.5 Å². The molecule has 1 aromatic rings. The van der Waals surface area contributed by atoms with Crippen LogP contribution in [0, 0.1) is 12.8 Å². The zero-order valence-corrected chi connectivity index (χ0v) is 14.9. The number of piperidine rings is 1. The van der Waals surface area contributed by atoms with E-state index in [1.54, 1.807) is 13.0 Å². The maximum atomic E-state index is 12.5. The topological polar surface area (TPSA) is 101 Å². The third-order valence-electron chi connectivity index (χ3n) is 4.02. The number of sulfonamides is 1. The lowest BCUT2D eigenvalue weighted by Gasteiger charge is -2.30. The molecule has 0 aromatic heterocycles. The van der Waals surface area contributed by atoms with Crippen molar-refractivity contribution in [1.82, 2.24) is 10.6 Å². The fourth-order valence-electron chi connectivity index (χ4n) is 2.61. The number of hydrogen-bond acceptors (Lipinski definition) is 4. The maximum absolute atomic E-state index is 12.5. The lowest BCUT2D eigenvalue weighted by molar-refractivity contribution is 0.0914. The van der Waals surface area contributed by atoms with E-state index in [1.807, 2.05) is 0 Å². The molecule has 2 rings (SSSR count). The monoisotopic (exact) mass is 389 g/mol. The fraction of sp³-hybridized carbons (Fsp3) is 0.500. The first kappa shape index (κ1) is 17.4. The van der Waals surface area contributed by atoms with Crippen molar-refractivity contribution in [3.63, 3.8) is 0 Å². The predicted molar refractivity (Wildman–Crippen MR) is 88.2 cm³/mol. The quantitative estimate of drug-likeness (QED) is 0.720. The molecule has 122 valence electrons. The van der Waals surface area contributed by atoms with E-state index < -0.39 is 10.0 Å². The lowest BCUT2D eigenvalue weighted by atomic mass is 9.94. The zero-order valence-electron chi connectivity index (χ0n) is 12.5. The molecule has 2 unspecified atom stereocenters. The molecule has 8 heteroatoms. The van der Waals surface area contributed by atoms with E-state index in [-0.39, 0.29) is 16.8 Å². The van der Waals surface area contributed by atoms with Gasteiger partial charge in [0.15, 0.2) is 0 Å². The average Bonchev–Trinajstić information content (AvgIpc) is 2.42. The summed E-state index contributed by atoms with van der Waals surface area (Å²) in [6.45, 7) is 5.33.